The lowest BCUT2D eigenvalue weighted by atomic mass is 10.3. The Balaban J connectivity index is 2.50. The standard InChI is InChI=1S/C5H6BrN5/c6-4-3-9-10-5(4)1-2-8-11-7/h3H,1-2H2,(H,9,10). The molecule has 0 aliphatic heterocycles. The molecule has 0 spiro atoms. The molecule has 0 saturated carbocycles. The van der Waals surface area contributed by atoms with E-state index in [-0.39, 0.29) is 0 Å². The van der Waals surface area contributed by atoms with E-state index in [4.69, 9.17) is 5.53 Å². The summed E-state index contributed by atoms with van der Waals surface area (Å²) in [5.41, 5.74) is 8.94. The van der Waals surface area contributed by atoms with Crippen LogP contribution in [0.15, 0.2) is 15.8 Å². The summed E-state index contributed by atoms with van der Waals surface area (Å²) in [7, 11) is 0. The van der Waals surface area contributed by atoms with Crippen LogP contribution < -0.4 is 0 Å². The maximum Gasteiger partial charge on any atom is 0.0632 e. The Morgan fingerprint density at radius 2 is 2.64 bits per heavy atom. The normalized spacial score (nSPS) is 9.18. The predicted octanol–water partition coefficient (Wildman–Crippen LogP) is 2.02. The number of aromatic nitrogens is 2. The largest absolute Gasteiger partial charge is 0.281 e. The molecule has 0 unspecified atom stereocenters. The van der Waals surface area contributed by atoms with Gasteiger partial charge in [-0.2, -0.15) is 5.10 Å². The van der Waals surface area contributed by atoms with Crippen molar-refractivity contribution in [3.05, 3.63) is 26.8 Å². The highest BCUT2D eigenvalue weighted by Gasteiger charge is 1.98. The Hall–Kier alpha value is -1.00. The lowest BCUT2D eigenvalue weighted by molar-refractivity contribution is 0.891. The Labute approximate surface area is 71.6 Å². The van der Waals surface area contributed by atoms with Crippen molar-refractivity contribution < 1.29 is 0 Å². The van der Waals surface area contributed by atoms with Gasteiger partial charge in [0.2, 0.25) is 0 Å². The van der Waals surface area contributed by atoms with E-state index < -0.39 is 0 Å². The van der Waals surface area contributed by atoms with Crippen molar-refractivity contribution in [2.45, 2.75) is 6.42 Å². The summed E-state index contributed by atoms with van der Waals surface area (Å²) < 4.78 is 0.922. The first-order chi connectivity index (χ1) is 5.34. The highest BCUT2D eigenvalue weighted by Crippen LogP contribution is 2.12. The quantitative estimate of drug-likeness (QED) is 0.468. The van der Waals surface area contributed by atoms with Crippen molar-refractivity contribution in [1.82, 2.24) is 10.2 Å². The molecule has 58 valence electrons. The molecule has 6 heteroatoms. The zero-order valence-electron chi connectivity index (χ0n) is 5.66. The topological polar surface area (TPSA) is 77.4 Å². The van der Waals surface area contributed by atoms with Crippen molar-refractivity contribution in [2.75, 3.05) is 6.54 Å². The van der Waals surface area contributed by atoms with Crippen molar-refractivity contribution >= 4 is 15.9 Å². The fourth-order valence-corrected chi connectivity index (χ4v) is 1.07. The molecule has 0 bridgehead atoms. The first-order valence-electron chi connectivity index (χ1n) is 3.03. The molecule has 1 N–H and O–H groups in total. The lowest BCUT2D eigenvalue weighted by Gasteiger charge is -1.90. The summed E-state index contributed by atoms with van der Waals surface area (Å²) in [6.07, 6.45) is 2.36. The van der Waals surface area contributed by atoms with Gasteiger partial charge in [0.15, 0.2) is 0 Å². The third-order valence-corrected chi connectivity index (χ3v) is 1.87. The number of hydrogen-bond donors (Lipinski definition) is 1. The minimum Gasteiger partial charge on any atom is -0.281 e. The van der Waals surface area contributed by atoms with E-state index in [9.17, 15) is 0 Å². The second kappa shape index (κ2) is 4.00. The van der Waals surface area contributed by atoms with Crippen LogP contribution in [0.3, 0.4) is 0 Å². The zero-order chi connectivity index (χ0) is 8.10. The Morgan fingerprint density at radius 3 is 3.18 bits per heavy atom. The third kappa shape index (κ3) is 2.25. The number of nitrogens with one attached hydrogen (secondary N) is 1. The van der Waals surface area contributed by atoms with E-state index in [1.807, 2.05) is 0 Å². The zero-order valence-corrected chi connectivity index (χ0v) is 7.24. The number of H-pyrrole nitrogens is 1. The summed E-state index contributed by atoms with van der Waals surface area (Å²) in [5, 5.41) is 9.98. The van der Waals surface area contributed by atoms with Crippen LogP contribution in [0.2, 0.25) is 0 Å². The molecule has 0 radical (unpaired) electrons. The Bertz CT molecular complexity index is 274. The molecule has 0 aromatic carbocycles. The van der Waals surface area contributed by atoms with Gasteiger partial charge in [-0.15, -0.1) is 0 Å². The van der Waals surface area contributed by atoms with Crippen LogP contribution in [0, 0.1) is 0 Å². The maximum absolute atomic E-state index is 7.98. The highest BCUT2D eigenvalue weighted by molar-refractivity contribution is 9.10. The minimum absolute atomic E-state index is 0.456. The maximum atomic E-state index is 7.98. The van der Waals surface area contributed by atoms with E-state index in [1.165, 1.54) is 0 Å². The van der Waals surface area contributed by atoms with Crippen LogP contribution in [0.4, 0.5) is 0 Å². The molecule has 5 nitrogen and oxygen atoms in total. The van der Waals surface area contributed by atoms with Crippen LogP contribution in [0.1, 0.15) is 5.69 Å². The van der Waals surface area contributed by atoms with Gasteiger partial charge in [-0.25, -0.2) is 0 Å². The fourth-order valence-electron chi connectivity index (χ4n) is 0.680. The average molecular weight is 216 g/mol. The summed E-state index contributed by atoms with van der Waals surface area (Å²) in [6.45, 7) is 0.456. The van der Waals surface area contributed by atoms with Crippen LogP contribution >= 0.6 is 15.9 Å². The van der Waals surface area contributed by atoms with E-state index in [2.05, 4.69) is 36.2 Å². The number of azide groups is 1. The molecule has 0 atom stereocenters. The summed E-state index contributed by atoms with van der Waals surface area (Å²) >= 11 is 3.29. The Morgan fingerprint density at radius 1 is 1.82 bits per heavy atom. The summed E-state index contributed by atoms with van der Waals surface area (Å²) in [4.78, 5) is 2.64. The van der Waals surface area contributed by atoms with Gasteiger partial charge in [0, 0.05) is 17.2 Å². The number of nitrogens with zero attached hydrogens (tertiary/aromatic N) is 4. The highest BCUT2D eigenvalue weighted by atomic mass is 79.9. The van der Waals surface area contributed by atoms with E-state index in [1.54, 1.807) is 6.20 Å². The second-order valence-corrected chi connectivity index (χ2v) is 2.76. The van der Waals surface area contributed by atoms with Crippen molar-refractivity contribution in [1.29, 1.82) is 0 Å². The molecule has 1 aromatic heterocycles. The molecule has 0 fully saturated rings. The van der Waals surface area contributed by atoms with Crippen LogP contribution in [-0.2, 0) is 6.42 Å². The molecule has 0 aliphatic rings. The third-order valence-electron chi connectivity index (χ3n) is 1.19. The van der Waals surface area contributed by atoms with Crippen molar-refractivity contribution in [2.24, 2.45) is 5.11 Å². The first kappa shape index (κ1) is 8.10. The lowest BCUT2D eigenvalue weighted by Crippen LogP contribution is -1.89. The molecule has 1 rings (SSSR count). The van der Waals surface area contributed by atoms with Crippen LogP contribution in [0.5, 0.6) is 0 Å². The molecule has 0 amide bonds. The van der Waals surface area contributed by atoms with Crippen molar-refractivity contribution in [3.8, 4) is 0 Å². The molecule has 11 heavy (non-hydrogen) atoms. The van der Waals surface area contributed by atoms with Crippen LogP contribution in [-0.4, -0.2) is 16.7 Å². The van der Waals surface area contributed by atoms with Gasteiger partial charge in [0.1, 0.15) is 0 Å². The monoisotopic (exact) mass is 215 g/mol. The molecule has 0 aliphatic carbocycles. The fraction of sp³-hybridized carbons (Fsp3) is 0.400. The van der Waals surface area contributed by atoms with Crippen LogP contribution in [0.25, 0.3) is 10.4 Å². The SMILES string of the molecule is [N-]=[N+]=NCCc1[nH]ncc1Br. The molecule has 1 heterocycles. The van der Waals surface area contributed by atoms with Gasteiger partial charge >= 0.3 is 0 Å². The van der Waals surface area contributed by atoms with Gasteiger partial charge in [-0.3, -0.25) is 5.10 Å². The predicted molar refractivity (Wildman–Crippen MR) is 44.0 cm³/mol. The Kier molecular flexibility index (Phi) is 2.95. The van der Waals surface area contributed by atoms with E-state index in [0.717, 1.165) is 10.2 Å². The molecule has 0 saturated heterocycles. The first-order valence-corrected chi connectivity index (χ1v) is 3.82. The number of rotatable bonds is 3. The minimum atomic E-state index is 0.456. The number of halogens is 1. The van der Waals surface area contributed by atoms with Gasteiger partial charge in [-0.1, -0.05) is 5.11 Å². The number of aromatic amines is 1. The van der Waals surface area contributed by atoms with Gasteiger partial charge < -0.3 is 0 Å². The van der Waals surface area contributed by atoms with Gasteiger partial charge in [0.05, 0.1) is 10.7 Å². The van der Waals surface area contributed by atoms with E-state index in [0.29, 0.717) is 13.0 Å². The summed E-state index contributed by atoms with van der Waals surface area (Å²) in [5.74, 6) is 0. The molecular formula is C5H6BrN5. The van der Waals surface area contributed by atoms with Gasteiger partial charge in [-0.05, 0) is 27.9 Å². The van der Waals surface area contributed by atoms with Gasteiger partial charge in [0.25, 0.3) is 0 Å². The molecule has 1 aromatic rings. The van der Waals surface area contributed by atoms with E-state index >= 15 is 0 Å². The van der Waals surface area contributed by atoms with Crippen molar-refractivity contribution in [3.63, 3.8) is 0 Å². The average Bonchev–Trinajstić information content (AvgIpc) is 2.37. The summed E-state index contributed by atoms with van der Waals surface area (Å²) in [6, 6.07) is 0. The second-order valence-electron chi connectivity index (χ2n) is 1.90. The smallest absolute Gasteiger partial charge is 0.0632 e. The molecular weight excluding hydrogens is 210 g/mol. The number of hydrogen-bond acceptors (Lipinski definition) is 2.